The largest absolute Gasteiger partial charge is 0.352 e. The molecule has 1 amide bonds. The number of fused-ring (bicyclic) bond motifs is 1. The molecule has 0 aliphatic carbocycles. The first-order chi connectivity index (χ1) is 11.9. The molecule has 25 heavy (non-hydrogen) atoms. The van der Waals surface area contributed by atoms with Crippen LogP contribution in [0, 0.1) is 0 Å². The fourth-order valence-electron chi connectivity index (χ4n) is 2.53. The van der Waals surface area contributed by atoms with Crippen LogP contribution in [0.2, 0.25) is 0 Å². The van der Waals surface area contributed by atoms with Crippen molar-refractivity contribution in [3.63, 3.8) is 0 Å². The number of carbonyl (C=O) groups excluding carboxylic acids is 1. The van der Waals surface area contributed by atoms with E-state index in [2.05, 4.69) is 10.4 Å². The van der Waals surface area contributed by atoms with E-state index >= 15 is 0 Å². The number of hydrogen-bond donors (Lipinski definition) is 2. The Morgan fingerprint density at radius 3 is 2.56 bits per heavy atom. The number of hydrogen-bond acceptors (Lipinski definition) is 4. The van der Waals surface area contributed by atoms with Crippen LogP contribution in [-0.4, -0.2) is 30.7 Å². The van der Waals surface area contributed by atoms with Crippen molar-refractivity contribution in [2.45, 2.75) is 17.9 Å². The molecule has 0 atom stereocenters. The number of carbonyl (C=O) groups is 1. The molecule has 8 heteroatoms. The lowest BCUT2D eigenvalue weighted by Gasteiger charge is -2.07. The number of para-hydroxylation sites is 1. The Morgan fingerprint density at radius 1 is 1.12 bits per heavy atom. The molecule has 0 spiro atoms. The molecule has 0 unspecified atom stereocenters. The maximum Gasteiger partial charge on any atom is 0.251 e. The van der Waals surface area contributed by atoms with Crippen LogP contribution in [0.4, 0.5) is 0 Å². The van der Waals surface area contributed by atoms with Crippen molar-refractivity contribution in [2.75, 3.05) is 6.54 Å². The van der Waals surface area contributed by atoms with Gasteiger partial charge in [0.15, 0.2) is 0 Å². The average Bonchev–Trinajstić information content (AvgIpc) is 3.01. The first-order valence-electron chi connectivity index (χ1n) is 7.77. The molecular weight excluding hydrogens is 340 g/mol. The van der Waals surface area contributed by atoms with E-state index in [1.807, 2.05) is 35.1 Å². The second kappa shape index (κ2) is 7.04. The van der Waals surface area contributed by atoms with Crippen LogP contribution in [0.5, 0.6) is 0 Å². The summed E-state index contributed by atoms with van der Waals surface area (Å²) in [5.74, 6) is -0.258. The highest BCUT2D eigenvalue weighted by Crippen LogP contribution is 2.13. The Bertz CT molecular complexity index is 994. The molecule has 0 saturated heterocycles. The minimum atomic E-state index is -3.75. The smallest absolute Gasteiger partial charge is 0.251 e. The summed E-state index contributed by atoms with van der Waals surface area (Å²) in [6.45, 7) is 1.18. The van der Waals surface area contributed by atoms with E-state index in [0.717, 1.165) is 17.3 Å². The Morgan fingerprint density at radius 2 is 1.84 bits per heavy atom. The molecule has 3 aromatic rings. The third kappa shape index (κ3) is 4.04. The second-order valence-electron chi connectivity index (χ2n) is 5.61. The SMILES string of the molecule is NS(=O)(=O)c1ccc(C(=O)NCCCn2ncc3ccccc32)cc1. The van der Waals surface area contributed by atoms with Crippen LogP contribution in [-0.2, 0) is 16.6 Å². The van der Waals surface area contributed by atoms with Gasteiger partial charge in [-0.05, 0) is 36.8 Å². The number of rotatable bonds is 6. The molecule has 3 N–H and O–H groups in total. The van der Waals surface area contributed by atoms with Crippen LogP contribution in [0.1, 0.15) is 16.8 Å². The van der Waals surface area contributed by atoms with Gasteiger partial charge in [-0.15, -0.1) is 0 Å². The molecule has 0 bridgehead atoms. The van der Waals surface area contributed by atoms with Crippen LogP contribution in [0.3, 0.4) is 0 Å². The number of aryl methyl sites for hydroxylation is 1. The van der Waals surface area contributed by atoms with E-state index in [-0.39, 0.29) is 10.8 Å². The maximum absolute atomic E-state index is 12.1. The fraction of sp³-hybridized carbons (Fsp3) is 0.176. The van der Waals surface area contributed by atoms with Gasteiger partial charge in [0.1, 0.15) is 0 Å². The van der Waals surface area contributed by atoms with E-state index < -0.39 is 10.0 Å². The van der Waals surface area contributed by atoms with Gasteiger partial charge < -0.3 is 5.32 Å². The first-order valence-corrected chi connectivity index (χ1v) is 9.31. The highest BCUT2D eigenvalue weighted by atomic mass is 32.2. The monoisotopic (exact) mass is 358 g/mol. The number of sulfonamides is 1. The van der Waals surface area contributed by atoms with Gasteiger partial charge >= 0.3 is 0 Å². The van der Waals surface area contributed by atoms with E-state index in [1.165, 1.54) is 24.3 Å². The standard InChI is InChI=1S/C17H18N4O3S/c18-25(23,24)15-8-6-13(7-9-15)17(22)19-10-3-11-21-16-5-2-1-4-14(16)12-20-21/h1-2,4-9,12H,3,10-11H2,(H,19,22)(H2,18,23,24). The Kier molecular flexibility index (Phi) is 4.82. The van der Waals surface area contributed by atoms with Crippen molar-refractivity contribution >= 4 is 26.8 Å². The molecule has 2 aromatic carbocycles. The molecule has 1 aromatic heterocycles. The Hall–Kier alpha value is -2.71. The highest BCUT2D eigenvalue weighted by molar-refractivity contribution is 7.89. The summed E-state index contributed by atoms with van der Waals surface area (Å²) in [5, 5.41) is 13.3. The number of nitrogens with two attached hydrogens (primary N) is 1. The molecule has 130 valence electrons. The Labute approximate surface area is 145 Å². The van der Waals surface area contributed by atoms with Gasteiger partial charge in [0.05, 0.1) is 16.6 Å². The fourth-order valence-corrected chi connectivity index (χ4v) is 3.05. The van der Waals surface area contributed by atoms with Gasteiger partial charge in [0.2, 0.25) is 10.0 Å². The third-order valence-electron chi connectivity index (χ3n) is 3.83. The highest BCUT2D eigenvalue weighted by Gasteiger charge is 2.10. The molecule has 3 rings (SSSR count). The zero-order chi connectivity index (χ0) is 17.9. The topological polar surface area (TPSA) is 107 Å². The quantitative estimate of drug-likeness (QED) is 0.651. The summed E-state index contributed by atoms with van der Waals surface area (Å²) >= 11 is 0. The maximum atomic E-state index is 12.1. The number of nitrogens with zero attached hydrogens (tertiary/aromatic N) is 2. The average molecular weight is 358 g/mol. The second-order valence-corrected chi connectivity index (χ2v) is 7.17. The van der Waals surface area contributed by atoms with Crippen molar-refractivity contribution in [1.29, 1.82) is 0 Å². The normalized spacial score (nSPS) is 11.6. The zero-order valence-electron chi connectivity index (χ0n) is 13.4. The molecule has 7 nitrogen and oxygen atoms in total. The number of primary sulfonamides is 1. The van der Waals surface area contributed by atoms with Gasteiger partial charge in [-0.25, -0.2) is 13.6 Å². The van der Waals surface area contributed by atoms with Gasteiger partial charge in [0.25, 0.3) is 5.91 Å². The lowest BCUT2D eigenvalue weighted by atomic mass is 10.2. The van der Waals surface area contributed by atoms with Crippen molar-refractivity contribution in [3.05, 3.63) is 60.3 Å². The Balaban J connectivity index is 1.53. The van der Waals surface area contributed by atoms with E-state index in [9.17, 15) is 13.2 Å². The molecule has 1 heterocycles. The molecule has 0 fully saturated rings. The number of aromatic nitrogens is 2. The van der Waals surface area contributed by atoms with Gasteiger partial charge in [-0.1, -0.05) is 18.2 Å². The predicted octanol–water partition coefficient (Wildman–Crippen LogP) is 1.50. The van der Waals surface area contributed by atoms with Crippen LogP contribution in [0.25, 0.3) is 10.9 Å². The third-order valence-corrected chi connectivity index (χ3v) is 4.76. The lowest BCUT2D eigenvalue weighted by Crippen LogP contribution is -2.25. The van der Waals surface area contributed by atoms with Crippen molar-refractivity contribution < 1.29 is 13.2 Å². The summed E-state index contributed by atoms with van der Waals surface area (Å²) in [6.07, 6.45) is 2.55. The molecule has 0 aliphatic heterocycles. The molecule has 0 radical (unpaired) electrons. The minimum absolute atomic E-state index is 0.0189. The van der Waals surface area contributed by atoms with Crippen molar-refractivity contribution in [2.24, 2.45) is 5.14 Å². The molecule has 0 saturated carbocycles. The molecule has 0 aliphatic rings. The van der Waals surface area contributed by atoms with Crippen LogP contribution >= 0.6 is 0 Å². The van der Waals surface area contributed by atoms with Gasteiger partial charge in [0, 0.05) is 24.0 Å². The summed E-state index contributed by atoms with van der Waals surface area (Å²) in [5.41, 5.74) is 1.45. The number of amides is 1. The van der Waals surface area contributed by atoms with E-state index in [1.54, 1.807) is 0 Å². The van der Waals surface area contributed by atoms with Gasteiger partial charge in [-0.2, -0.15) is 5.10 Å². The lowest BCUT2D eigenvalue weighted by molar-refractivity contribution is 0.0952. The van der Waals surface area contributed by atoms with E-state index in [4.69, 9.17) is 5.14 Å². The molecular formula is C17H18N4O3S. The van der Waals surface area contributed by atoms with Gasteiger partial charge in [-0.3, -0.25) is 9.48 Å². The summed E-state index contributed by atoms with van der Waals surface area (Å²) in [7, 11) is -3.75. The summed E-state index contributed by atoms with van der Waals surface area (Å²) in [6, 6.07) is 13.5. The summed E-state index contributed by atoms with van der Waals surface area (Å²) < 4.78 is 24.3. The zero-order valence-corrected chi connectivity index (χ0v) is 14.2. The van der Waals surface area contributed by atoms with E-state index in [0.29, 0.717) is 18.7 Å². The number of benzene rings is 2. The number of nitrogens with one attached hydrogen (secondary N) is 1. The minimum Gasteiger partial charge on any atom is -0.352 e. The van der Waals surface area contributed by atoms with Crippen LogP contribution in [0.15, 0.2) is 59.6 Å². The first kappa shape index (κ1) is 17.1. The summed E-state index contributed by atoms with van der Waals surface area (Å²) in [4.78, 5) is 12.0. The van der Waals surface area contributed by atoms with Crippen LogP contribution < -0.4 is 10.5 Å². The predicted molar refractivity (Wildman–Crippen MR) is 94.5 cm³/mol. The van der Waals surface area contributed by atoms with Crippen molar-refractivity contribution in [3.8, 4) is 0 Å². The van der Waals surface area contributed by atoms with Crippen molar-refractivity contribution in [1.82, 2.24) is 15.1 Å².